The monoisotopic (exact) mass is 440 g/mol. The first-order valence-corrected chi connectivity index (χ1v) is 11.2. The van der Waals surface area contributed by atoms with Crippen LogP contribution in [0.1, 0.15) is 82.1 Å². The molecule has 0 spiro atoms. The van der Waals surface area contributed by atoms with Gasteiger partial charge in [-0.3, -0.25) is 4.79 Å². The molecule has 2 atom stereocenters. The van der Waals surface area contributed by atoms with Gasteiger partial charge in [0.1, 0.15) is 11.6 Å². The summed E-state index contributed by atoms with van der Waals surface area (Å²) in [7, 11) is 1.71. The summed E-state index contributed by atoms with van der Waals surface area (Å²) in [6, 6.07) is -1.10. The number of rotatable bonds is 9. The Balaban J connectivity index is 5.90. The number of alkyl carbamates (subject to hydrolysis) is 1. The molecule has 0 heterocycles. The number of nitrogens with zero attached hydrogens (tertiary/aromatic N) is 1. The molecule has 0 saturated heterocycles. The van der Waals surface area contributed by atoms with E-state index in [2.05, 4.69) is 19.2 Å². The third-order valence-corrected chi connectivity index (χ3v) is 4.64. The van der Waals surface area contributed by atoms with Crippen LogP contribution in [0.2, 0.25) is 0 Å². The van der Waals surface area contributed by atoms with Crippen molar-refractivity contribution < 1.29 is 23.9 Å². The second-order valence-corrected chi connectivity index (χ2v) is 10.4. The summed E-state index contributed by atoms with van der Waals surface area (Å²) in [5.74, 6) is -0.304. The largest absolute Gasteiger partial charge is 0.463 e. The zero-order chi connectivity index (χ0) is 24.6. The molecule has 0 rings (SSSR count). The Morgan fingerprint density at radius 2 is 1.58 bits per heavy atom. The van der Waals surface area contributed by atoms with Crippen molar-refractivity contribution in [3.63, 3.8) is 0 Å². The first-order chi connectivity index (χ1) is 14.0. The van der Waals surface area contributed by atoms with Crippen LogP contribution in [0.5, 0.6) is 0 Å². The molecular formula is C24H44N2O5. The van der Waals surface area contributed by atoms with E-state index >= 15 is 0 Å². The molecule has 1 N–H and O–H groups in total. The molecular weight excluding hydrogens is 396 g/mol. The highest BCUT2D eigenvalue weighted by atomic mass is 16.6. The Kier molecular flexibility index (Phi) is 11.3. The van der Waals surface area contributed by atoms with Crippen molar-refractivity contribution in [2.75, 3.05) is 13.7 Å². The average molecular weight is 441 g/mol. The molecule has 31 heavy (non-hydrogen) atoms. The summed E-state index contributed by atoms with van der Waals surface area (Å²) in [6.45, 7) is 19.1. The van der Waals surface area contributed by atoms with Crippen molar-refractivity contribution in [1.29, 1.82) is 0 Å². The van der Waals surface area contributed by atoms with Gasteiger partial charge in [0.05, 0.1) is 12.6 Å². The van der Waals surface area contributed by atoms with Gasteiger partial charge in [0.15, 0.2) is 0 Å². The van der Waals surface area contributed by atoms with Crippen LogP contribution < -0.4 is 5.32 Å². The maximum absolute atomic E-state index is 13.5. The lowest BCUT2D eigenvalue weighted by Crippen LogP contribution is -2.56. The van der Waals surface area contributed by atoms with Crippen LogP contribution in [-0.2, 0) is 19.1 Å². The van der Waals surface area contributed by atoms with E-state index in [1.165, 1.54) is 0 Å². The van der Waals surface area contributed by atoms with Crippen LogP contribution in [0.15, 0.2) is 11.6 Å². The number of esters is 1. The van der Waals surface area contributed by atoms with Crippen LogP contribution >= 0.6 is 0 Å². The first kappa shape index (κ1) is 28.9. The summed E-state index contributed by atoms with van der Waals surface area (Å²) in [5.41, 5.74) is -0.664. The van der Waals surface area contributed by atoms with Crippen molar-refractivity contribution in [1.82, 2.24) is 10.2 Å². The quantitative estimate of drug-likeness (QED) is 0.415. The van der Waals surface area contributed by atoms with Crippen molar-refractivity contribution in [3.05, 3.63) is 11.6 Å². The summed E-state index contributed by atoms with van der Waals surface area (Å²) in [5, 5.41) is 2.75. The number of carbonyl (C=O) groups is 3. The Hall–Kier alpha value is -2.05. The highest BCUT2D eigenvalue weighted by Crippen LogP contribution is 2.24. The average Bonchev–Trinajstić information content (AvgIpc) is 2.59. The Morgan fingerprint density at radius 1 is 1.03 bits per heavy atom. The van der Waals surface area contributed by atoms with E-state index in [0.717, 1.165) is 0 Å². The number of hydrogen-bond donors (Lipinski definition) is 1. The summed E-state index contributed by atoms with van der Waals surface area (Å²) in [6.07, 6.45) is 2.37. The van der Waals surface area contributed by atoms with E-state index in [1.54, 1.807) is 39.6 Å². The number of amides is 2. The third-order valence-electron chi connectivity index (χ3n) is 4.64. The minimum absolute atomic E-state index is 0.237. The highest BCUT2D eigenvalue weighted by molar-refractivity contribution is 5.89. The van der Waals surface area contributed by atoms with Gasteiger partial charge in [-0.2, -0.15) is 0 Å². The molecule has 7 nitrogen and oxygen atoms in total. The van der Waals surface area contributed by atoms with E-state index < -0.39 is 23.2 Å². The lowest BCUT2D eigenvalue weighted by Gasteiger charge is -2.37. The number of nitrogens with one attached hydrogen (secondary N) is 1. The zero-order valence-corrected chi connectivity index (χ0v) is 21.4. The van der Waals surface area contributed by atoms with Crippen LogP contribution in [0.25, 0.3) is 0 Å². The van der Waals surface area contributed by atoms with Gasteiger partial charge >= 0.3 is 12.1 Å². The van der Waals surface area contributed by atoms with E-state index in [1.807, 2.05) is 33.8 Å². The van der Waals surface area contributed by atoms with Crippen LogP contribution in [0.4, 0.5) is 4.79 Å². The summed E-state index contributed by atoms with van der Waals surface area (Å²) < 4.78 is 10.5. The molecule has 180 valence electrons. The van der Waals surface area contributed by atoms with Gasteiger partial charge in [0, 0.05) is 12.6 Å². The maximum Gasteiger partial charge on any atom is 0.408 e. The fourth-order valence-corrected chi connectivity index (χ4v) is 3.05. The van der Waals surface area contributed by atoms with Crippen molar-refractivity contribution >= 4 is 18.0 Å². The van der Waals surface area contributed by atoms with E-state index in [0.29, 0.717) is 30.9 Å². The number of carbonyl (C=O) groups excluding carboxylic acids is 3. The van der Waals surface area contributed by atoms with Crippen LogP contribution in [0, 0.1) is 11.3 Å². The Bertz CT molecular complexity index is 641. The second kappa shape index (κ2) is 12.1. The fourth-order valence-electron chi connectivity index (χ4n) is 3.05. The number of likely N-dealkylation sites (N-methyl/N-ethyl adjacent to an activating group) is 1. The molecule has 0 radical (unpaired) electrons. The molecule has 0 saturated carbocycles. The molecule has 0 aliphatic rings. The molecule has 0 aromatic heterocycles. The van der Waals surface area contributed by atoms with Gasteiger partial charge in [-0.15, -0.1) is 0 Å². The van der Waals surface area contributed by atoms with Crippen LogP contribution in [-0.4, -0.2) is 54.2 Å². The number of ether oxygens (including phenoxy) is 2. The van der Waals surface area contributed by atoms with E-state index in [9.17, 15) is 14.4 Å². The van der Waals surface area contributed by atoms with Gasteiger partial charge in [-0.1, -0.05) is 47.6 Å². The Morgan fingerprint density at radius 3 is 1.97 bits per heavy atom. The topological polar surface area (TPSA) is 84.9 Å². The third kappa shape index (κ3) is 10.7. The first-order valence-electron chi connectivity index (χ1n) is 11.2. The smallest absolute Gasteiger partial charge is 0.408 e. The molecule has 0 fully saturated rings. The molecule has 0 aliphatic carbocycles. The van der Waals surface area contributed by atoms with Crippen LogP contribution in [0.3, 0.4) is 0 Å². The van der Waals surface area contributed by atoms with E-state index in [4.69, 9.17) is 9.47 Å². The summed E-state index contributed by atoms with van der Waals surface area (Å²) in [4.78, 5) is 39.8. The van der Waals surface area contributed by atoms with Gasteiger partial charge in [-0.05, 0) is 51.9 Å². The molecule has 0 unspecified atom stereocenters. The normalized spacial score (nSPS) is 14.6. The molecule has 0 aromatic rings. The van der Waals surface area contributed by atoms with Gasteiger partial charge in [0.2, 0.25) is 5.91 Å². The lowest BCUT2D eigenvalue weighted by atomic mass is 9.85. The Labute approximate surface area is 188 Å². The molecule has 0 bridgehead atoms. The van der Waals surface area contributed by atoms with Crippen molar-refractivity contribution in [2.45, 2.75) is 99.8 Å². The van der Waals surface area contributed by atoms with Gasteiger partial charge in [-0.25, -0.2) is 9.59 Å². The van der Waals surface area contributed by atoms with Crippen molar-refractivity contribution in [2.24, 2.45) is 11.3 Å². The van der Waals surface area contributed by atoms with Gasteiger partial charge in [0.25, 0.3) is 0 Å². The predicted molar refractivity (Wildman–Crippen MR) is 124 cm³/mol. The zero-order valence-electron chi connectivity index (χ0n) is 21.4. The minimum atomic E-state index is -0.789. The fraction of sp³-hybridized carbons (Fsp3) is 0.792. The molecule has 0 aromatic carbocycles. The van der Waals surface area contributed by atoms with Crippen molar-refractivity contribution in [3.8, 4) is 0 Å². The minimum Gasteiger partial charge on any atom is -0.463 e. The van der Waals surface area contributed by atoms with Gasteiger partial charge < -0.3 is 19.7 Å². The lowest BCUT2D eigenvalue weighted by molar-refractivity contribution is -0.139. The summed E-state index contributed by atoms with van der Waals surface area (Å²) >= 11 is 0. The molecule has 2 amide bonds. The standard InChI is InChI=1S/C24H44N2O5/c1-12-17(21(28)30-13-2)15-18(14-16(3)4)26(11)20(27)19(23(5,6)7)25-22(29)31-24(8,9)10/h15-16,18-19H,12-14H2,1-11H3,(H,25,29)/t18-,19+/m0/s1. The SMILES string of the molecule is CCOC(=O)C(=C[C@H](CC(C)C)N(C)C(=O)[C@@H](NC(=O)OC(C)(C)C)C(C)(C)C)CC. The second-order valence-electron chi connectivity index (χ2n) is 10.4. The maximum atomic E-state index is 13.5. The number of hydrogen-bond acceptors (Lipinski definition) is 5. The molecule has 7 heteroatoms. The molecule has 0 aliphatic heterocycles. The predicted octanol–water partition coefficient (Wildman–Crippen LogP) is 4.70. The highest BCUT2D eigenvalue weighted by Gasteiger charge is 2.37. The van der Waals surface area contributed by atoms with E-state index in [-0.39, 0.29) is 17.9 Å².